The average Bonchev–Trinajstić information content (AvgIpc) is 2.57. The summed E-state index contributed by atoms with van der Waals surface area (Å²) in [5.41, 5.74) is 2.01. The summed E-state index contributed by atoms with van der Waals surface area (Å²) < 4.78 is 5.39. The molecule has 0 aliphatic carbocycles. The van der Waals surface area contributed by atoms with Crippen LogP contribution in [0.3, 0.4) is 0 Å². The number of aromatic nitrogens is 2. The van der Waals surface area contributed by atoms with Crippen LogP contribution in [0.1, 0.15) is 44.5 Å². The minimum atomic E-state index is -0.000420. The highest BCUT2D eigenvalue weighted by Crippen LogP contribution is 2.24. The van der Waals surface area contributed by atoms with Crippen molar-refractivity contribution < 1.29 is 9.53 Å². The lowest BCUT2D eigenvalue weighted by Crippen LogP contribution is -2.12. The van der Waals surface area contributed by atoms with Crippen LogP contribution < -0.4 is 10.1 Å². The number of carbonyl (C=O) groups excluding carboxylic acids is 1. The van der Waals surface area contributed by atoms with Gasteiger partial charge in [-0.1, -0.05) is 26.0 Å². The zero-order valence-corrected chi connectivity index (χ0v) is 14.9. The molecule has 1 N–H and O–H groups in total. The molecule has 0 aliphatic heterocycles. The molecule has 1 aromatic carbocycles. The number of ketones is 1. The number of halogens is 1. The van der Waals surface area contributed by atoms with Crippen LogP contribution in [0.5, 0.6) is 5.75 Å². The summed E-state index contributed by atoms with van der Waals surface area (Å²) in [6.45, 7) is 5.72. The van der Waals surface area contributed by atoms with Crippen LogP contribution in [0.15, 0.2) is 30.3 Å². The number of aryl methyl sites for hydroxylation is 1. The lowest BCUT2D eigenvalue weighted by molar-refractivity contribution is -0.118. The molecule has 0 bridgehead atoms. The number of nitrogens with zero attached hydrogens (tertiary/aromatic N) is 2. The minimum Gasteiger partial charge on any atom is -0.486 e. The van der Waals surface area contributed by atoms with Gasteiger partial charge in [0.2, 0.25) is 5.28 Å². The van der Waals surface area contributed by atoms with Gasteiger partial charge in [0, 0.05) is 11.8 Å². The van der Waals surface area contributed by atoms with Gasteiger partial charge in [0.25, 0.3) is 0 Å². The van der Waals surface area contributed by atoms with Crippen molar-refractivity contribution in [3.63, 3.8) is 0 Å². The van der Waals surface area contributed by atoms with Gasteiger partial charge in [-0.3, -0.25) is 4.79 Å². The normalized spacial score (nSPS) is 11.8. The Kier molecular flexibility index (Phi) is 6.55. The van der Waals surface area contributed by atoms with Crippen LogP contribution in [-0.2, 0) is 11.2 Å². The van der Waals surface area contributed by atoms with Crippen molar-refractivity contribution in [3.05, 3.63) is 46.9 Å². The number of rotatable bonds is 8. The van der Waals surface area contributed by atoms with Crippen LogP contribution in [0.25, 0.3) is 0 Å². The molecule has 1 unspecified atom stereocenters. The van der Waals surface area contributed by atoms with E-state index in [9.17, 15) is 4.79 Å². The number of anilines is 1. The first-order valence-corrected chi connectivity index (χ1v) is 8.41. The fourth-order valence-electron chi connectivity index (χ4n) is 2.30. The van der Waals surface area contributed by atoms with Gasteiger partial charge in [-0.05, 0) is 49.1 Å². The lowest BCUT2D eigenvalue weighted by Gasteiger charge is -2.19. The first-order chi connectivity index (χ1) is 11.5. The molecule has 0 amide bonds. The monoisotopic (exact) mass is 347 g/mol. The van der Waals surface area contributed by atoms with Gasteiger partial charge in [-0.15, -0.1) is 0 Å². The Morgan fingerprint density at radius 1 is 1.25 bits per heavy atom. The number of hydrogen-bond donors (Lipinski definition) is 1. The van der Waals surface area contributed by atoms with Crippen molar-refractivity contribution in [3.8, 4) is 5.75 Å². The fourth-order valence-corrected chi connectivity index (χ4v) is 2.50. The smallest absolute Gasteiger partial charge is 0.224 e. The molecule has 0 spiro atoms. The predicted octanol–water partition coefficient (Wildman–Crippen LogP) is 4.22. The zero-order chi connectivity index (χ0) is 17.5. The van der Waals surface area contributed by atoms with Gasteiger partial charge in [0.15, 0.2) is 5.78 Å². The first kappa shape index (κ1) is 18.2. The molecule has 6 heteroatoms. The minimum absolute atomic E-state index is 0.000420. The SMILES string of the molecule is CCc1cc(NC(CC)c2ccc(OCC(C)=O)cc2)nc(Cl)n1. The summed E-state index contributed by atoms with van der Waals surface area (Å²) in [4.78, 5) is 19.4. The summed E-state index contributed by atoms with van der Waals surface area (Å²) in [6.07, 6.45) is 1.69. The molecular weight excluding hydrogens is 326 g/mol. The largest absolute Gasteiger partial charge is 0.486 e. The summed E-state index contributed by atoms with van der Waals surface area (Å²) in [5, 5.41) is 3.65. The Bertz CT molecular complexity index is 689. The van der Waals surface area contributed by atoms with E-state index in [1.54, 1.807) is 0 Å². The van der Waals surface area contributed by atoms with E-state index in [4.69, 9.17) is 16.3 Å². The Morgan fingerprint density at radius 2 is 1.96 bits per heavy atom. The molecule has 0 fully saturated rings. The number of hydrogen-bond acceptors (Lipinski definition) is 5. The van der Waals surface area contributed by atoms with E-state index >= 15 is 0 Å². The van der Waals surface area contributed by atoms with Crippen molar-refractivity contribution in [2.45, 2.75) is 39.7 Å². The van der Waals surface area contributed by atoms with Crippen molar-refractivity contribution in [2.24, 2.45) is 0 Å². The second-order valence-electron chi connectivity index (χ2n) is 5.53. The van der Waals surface area contributed by atoms with Crippen molar-refractivity contribution >= 4 is 23.2 Å². The van der Waals surface area contributed by atoms with Crippen molar-refractivity contribution in [1.82, 2.24) is 9.97 Å². The predicted molar refractivity (Wildman–Crippen MR) is 95.7 cm³/mol. The molecule has 0 aliphatic rings. The second-order valence-corrected chi connectivity index (χ2v) is 5.87. The molecule has 1 atom stereocenters. The van der Waals surface area contributed by atoms with Crippen LogP contribution in [0, 0.1) is 0 Å². The maximum absolute atomic E-state index is 11.0. The summed E-state index contributed by atoms with van der Waals surface area (Å²) in [7, 11) is 0. The Labute approximate surface area is 147 Å². The van der Waals surface area contributed by atoms with E-state index in [1.165, 1.54) is 6.92 Å². The van der Waals surface area contributed by atoms with Gasteiger partial charge in [0.1, 0.15) is 18.2 Å². The van der Waals surface area contributed by atoms with Crippen molar-refractivity contribution in [1.29, 1.82) is 0 Å². The van der Waals surface area contributed by atoms with E-state index < -0.39 is 0 Å². The fraction of sp³-hybridized carbons (Fsp3) is 0.389. The van der Waals surface area contributed by atoms with Crippen LogP contribution in [0.4, 0.5) is 5.82 Å². The quantitative estimate of drug-likeness (QED) is 0.724. The van der Waals surface area contributed by atoms with Crippen LogP contribution >= 0.6 is 11.6 Å². The highest BCUT2D eigenvalue weighted by molar-refractivity contribution is 6.28. The number of carbonyl (C=O) groups is 1. The van der Waals surface area contributed by atoms with E-state index in [-0.39, 0.29) is 23.7 Å². The zero-order valence-electron chi connectivity index (χ0n) is 14.2. The van der Waals surface area contributed by atoms with E-state index in [0.29, 0.717) is 5.75 Å². The van der Waals surface area contributed by atoms with E-state index in [0.717, 1.165) is 29.9 Å². The molecule has 24 heavy (non-hydrogen) atoms. The second kappa shape index (κ2) is 8.64. The summed E-state index contributed by atoms with van der Waals surface area (Å²) in [6, 6.07) is 9.72. The Morgan fingerprint density at radius 3 is 2.54 bits per heavy atom. The van der Waals surface area contributed by atoms with Gasteiger partial charge in [-0.25, -0.2) is 9.97 Å². The van der Waals surface area contributed by atoms with Crippen LogP contribution in [0.2, 0.25) is 5.28 Å². The molecule has 128 valence electrons. The van der Waals surface area contributed by atoms with Crippen LogP contribution in [-0.4, -0.2) is 22.4 Å². The topological polar surface area (TPSA) is 64.1 Å². The Balaban J connectivity index is 2.10. The standard InChI is InChI=1S/C18H22ClN3O2/c1-4-14-10-17(22-18(19)20-14)21-16(5-2)13-6-8-15(9-7-13)24-11-12(3)23/h6-10,16H,4-5,11H2,1-3H3,(H,20,21,22). The Hall–Kier alpha value is -2.14. The van der Waals surface area contributed by atoms with Gasteiger partial charge >= 0.3 is 0 Å². The molecule has 5 nitrogen and oxygen atoms in total. The van der Waals surface area contributed by atoms with Gasteiger partial charge in [-0.2, -0.15) is 0 Å². The third-order valence-corrected chi connectivity index (χ3v) is 3.74. The number of ether oxygens (including phenoxy) is 1. The molecule has 1 aromatic heterocycles. The number of nitrogens with one attached hydrogen (secondary N) is 1. The molecule has 0 saturated heterocycles. The molecule has 0 radical (unpaired) electrons. The number of Topliss-reactive ketones (excluding diaryl/α,β-unsaturated/α-hetero) is 1. The van der Waals surface area contributed by atoms with E-state index in [1.807, 2.05) is 37.3 Å². The third-order valence-electron chi connectivity index (χ3n) is 3.57. The highest BCUT2D eigenvalue weighted by Gasteiger charge is 2.11. The molecule has 1 heterocycles. The maximum atomic E-state index is 11.0. The average molecular weight is 348 g/mol. The molecule has 0 saturated carbocycles. The maximum Gasteiger partial charge on any atom is 0.224 e. The third kappa shape index (κ3) is 5.20. The lowest BCUT2D eigenvalue weighted by atomic mass is 10.0. The first-order valence-electron chi connectivity index (χ1n) is 8.04. The van der Waals surface area contributed by atoms with Gasteiger partial charge < -0.3 is 10.1 Å². The summed E-state index contributed by atoms with van der Waals surface area (Å²) in [5.74, 6) is 1.40. The van der Waals surface area contributed by atoms with E-state index in [2.05, 4.69) is 22.2 Å². The molecule has 2 aromatic rings. The molecular formula is C18H22ClN3O2. The summed E-state index contributed by atoms with van der Waals surface area (Å²) >= 11 is 5.98. The van der Waals surface area contributed by atoms with Crippen molar-refractivity contribution in [2.75, 3.05) is 11.9 Å². The molecule has 2 rings (SSSR count). The highest BCUT2D eigenvalue weighted by atomic mass is 35.5. The number of benzene rings is 1. The van der Waals surface area contributed by atoms with Gasteiger partial charge in [0.05, 0.1) is 6.04 Å².